The summed E-state index contributed by atoms with van der Waals surface area (Å²) in [5.41, 5.74) is 1.93. The molecule has 3 rings (SSSR count). The first-order chi connectivity index (χ1) is 8.66. The Morgan fingerprint density at radius 1 is 1.44 bits per heavy atom. The van der Waals surface area contributed by atoms with Crippen molar-refractivity contribution in [2.45, 2.75) is 18.4 Å². The van der Waals surface area contributed by atoms with E-state index in [1.807, 2.05) is 24.3 Å². The molecule has 2 aliphatic rings. The first-order valence-electron chi connectivity index (χ1n) is 6.43. The molecule has 3 unspecified atom stereocenters. The molecule has 1 aromatic carbocycles. The van der Waals surface area contributed by atoms with E-state index in [-0.39, 0.29) is 17.9 Å². The minimum absolute atomic E-state index is 0.163. The maximum atomic E-state index is 11.6. The van der Waals surface area contributed by atoms with Gasteiger partial charge in [0.15, 0.2) is 0 Å². The van der Waals surface area contributed by atoms with Crippen molar-refractivity contribution in [1.29, 1.82) is 0 Å². The van der Waals surface area contributed by atoms with Crippen molar-refractivity contribution in [1.82, 2.24) is 4.90 Å². The van der Waals surface area contributed by atoms with Crippen molar-refractivity contribution in [2.24, 2.45) is 5.92 Å². The molecule has 0 spiro atoms. The molecule has 0 saturated carbocycles. The summed E-state index contributed by atoms with van der Waals surface area (Å²) in [5.74, 6) is -0.916. The molecule has 18 heavy (non-hydrogen) atoms. The van der Waals surface area contributed by atoms with Crippen LogP contribution in [0.25, 0.3) is 0 Å². The number of carboxylic acids is 1. The predicted octanol–water partition coefficient (Wildman–Crippen LogP) is 1.60. The Hall–Kier alpha value is -1.55. The van der Waals surface area contributed by atoms with Gasteiger partial charge >= 0.3 is 5.97 Å². The van der Waals surface area contributed by atoms with Gasteiger partial charge in [0.05, 0.1) is 5.92 Å². The molecular weight excluding hydrogens is 228 g/mol. The third-order valence-corrected chi connectivity index (χ3v) is 4.19. The zero-order valence-electron chi connectivity index (χ0n) is 10.5. The van der Waals surface area contributed by atoms with Gasteiger partial charge in [0, 0.05) is 24.2 Å². The van der Waals surface area contributed by atoms with Crippen LogP contribution in [0.5, 0.6) is 0 Å². The highest BCUT2D eigenvalue weighted by molar-refractivity contribution is 5.81. The maximum Gasteiger partial charge on any atom is 0.311 e. The van der Waals surface area contributed by atoms with Crippen LogP contribution in [0.4, 0.5) is 5.69 Å². The number of carboxylic acid groups (broad SMARTS) is 1. The number of rotatable bonds is 1. The van der Waals surface area contributed by atoms with Gasteiger partial charge in [-0.3, -0.25) is 4.79 Å². The van der Waals surface area contributed by atoms with Crippen molar-refractivity contribution in [2.75, 3.05) is 25.5 Å². The molecule has 0 aromatic heterocycles. The van der Waals surface area contributed by atoms with Gasteiger partial charge in [-0.15, -0.1) is 0 Å². The lowest BCUT2D eigenvalue weighted by atomic mass is 9.74. The lowest BCUT2D eigenvalue weighted by Gasteiger charge is -2.44. The van der Waals surface area contributed by atoms with Crippen LogP contribution in [0.15, 0.2) is 24.3 Å². The minimum Gasteiger partial charge on any atom is -0.481 e. The summed E-state index contributed by atoms with van der Waals surface area (Å²) in [6.45, 7) is 1.88. The van der Waals surface area contributed by atoms with E-state index in [1.165, 1.54) is 0 Å². The van der Waals surface area contributed by atoms with Crippen LogP contribution in [0, 0.1) is 5.92 Å². The number of para-hydroxylation sites is 1. The van der Waals surface area contributed by atoms with Gasteiger partial charge in [-0.25, -0.2) is 0 Å². The number of nitrogens with zero attached hydrogens (tertiary/aromatic N) is 1. The molecule has 2 N–H and O–H groups in total. The summed E-state index contributed by atoms with van der Waals surface area (Å²) < 4.78 is 0. The zero-order valence-corrected chi connectivity index (χ0v) is 10.5. The largest absolute Gasteiger partial charge is 0.481 e. The van der Waals surface area contributed by atoms with E-state index in [9.17, 15) is 9.90 Å². The van der Waals surface area contributed by atoms with Gasteiger partial charge in [-0.1, -0.05) is 18.2 Å². The fourth-order valence-electron chi connectivity index (χ4n) is 3.32. The molecular formula is C14H18N2O2. The predicted molar refractivity (Wildman–Crippen MR) is 69.8 cm³/mol. The summed E-state index contributed by atoms with van der Waals surface area (Å²) in [6.07, 6.45) is 1.01. The Morgan fingerprint density at radius 3 is 3.00 bits per heavy atom. The molecule has 1 aromatic rings. The van der Waals surface area contributed by atoms with Crippen LogP contribution in [-0.4, -0.2) is 42.2 Å². The standard InChI is InChI=1S/C14H18N2O2/c1-16-7-6-12-10(8-16)13(14(17)18)9-4-2-3-5-11(9)15-12/h2-5,10,12-13,15H,6-8H2,1H3,(H,17,18). The molecule has 0 bridgehead atoms. The summed E-state index contributed by atoms with van der Waals surface area (Å²) in [5, 5.41) is 13.1. The Morgan fingerprint density at radius 2 is 2.22 bits per heavy atom. The summed E-state index contributed by atoms with van der Waals surface area (Å²) in [7, 11) is 2.07. The molecule has 2 aliphatic heterocycles. The summed E-state index contributed by atoms with van der Waals surface area (Å²) in [6, 6.07) is 8.09. The van der Waals surface area contributed by atoms with Crippen LogP contribution in [0.3, 0.4) is 0 Å². The van der Waals surface area contributed by atoms with E-state index in [1.54, 1.807) is 0 Å². The van der Waals surface area contributed by atoms with Gasteiger partial charge in [0.2, 0.25) is 0 Å². The second-order valence-corrected chi connectivity index (χ2v) is 5.37. The molecule has 4 heteroatoms. The second-order valence-electron chi connectivity index (χ2n) is 5.37. The average Bonchev–Trinajstić information content (AvgIpc) is 2.35. The molecule has 4 nitrogen and oxygen atoms in total. The third-order valence-electron chi connectivity index (χ3n) is 4.19. The highest BCUT2D eigenvalue weighted by atomic mass is 16.4. The molecule has 2 heterocycles. The zero-order chi connectivity index (χ0) is 12.7. The minimum atomic E-state index is -0.700. The summed E-state index contributed by atoms with van der Waals surface area (Å²) >= 11 is 0. The molecule has 1 fully saturated rings. The van der Waals surface area contributed by atoms with E-state index in [2.05, 4.69) is 17.3 Å². The van der Waals surface area contributed by atoms with E-state index in [0.29, 0.717) is 0 Å². The summed E-state index contributed by atoms with van der Waals surface area (Å²) in [4.78, 5) is 13.9. The normalized spacial score (nSPS) is 31.1. The number of likely N-dealkylation sites (tertiary alicyclic amines) is 1. The van der Waals surface area contributed by atoms with Gasteiger partial charge in [-0.05, 0) is 31.6 Å². The van der Waals surface area contributed by atoms with Crippen LogP contribution >= 0.6 is 0 Å². The van der Waals surface area contributed by atoms with Crippen molar-refractivity contribution in [3.8, 4) is 0 Å². The Kier molecular flexibility index (Phi) is 2.74. The average molecular weight is 246 g/mol. The van der Waals surface area contributed by atoms with Gasteiger partial charge in [0.1, 0.15) is 0 Å². The molecule has 1 saturated heterocycles. The first kappa shape index (κ1) is 11.5. The Labute approximate surface area is 107 Å². The van der Waals surface area contributed by atoms with Crippen LogP contribution in [0.2, 0.25) is 0 Å². The number of hydrogen-bond donors (Lipinski definition) is 2. The fraction of sp³-hybridized carbons (Fsp3) is 0.500. The van der Waals surface area contributed by atoms with Crippen molar-refractivity contribution < 1.29 is 9.90 Å². The monoisotopic (exact) mass is 246 g/mol. The third kappa shape index (κ3) is 1.77. The smallest absolute Gasteiger partial charge is 0.311 e. The SMILES string of the molecule is CN1CCC2Nc3ccccc3C(C(=O)O)C2C1. The maximum absolute atomic E-state index is 11.6. The van der Waals surface area contributed by atoms with E-state index in [4.69, 9.17) is 0 Å². The quantitative estimate of drug-likeness (QED) is 0.790. The van der Waals surface area contributed by atoms with Crippen LogP contribution in [-0.2, 0) is 4.79 Å². The fourth-order valence-corrected chi connectivity index (χ4v) is 3.32. The highest BCUT2D eigenvalue weighted by Crippen LogP contribution is 2.41. The number of hydrogen-bond acceptors (Lipinski definition) is 3. The number of piperidine rings is 1. The Balaban J connectivity index is 2.03. The molecule has 3 atom stereocenters. The second kappa shape index (κ2) is 4.28. The molecule has 0 amide bonds. The van der Waals surface area contributed by atoms with E-state index < -0.39 is 5.97 Å². The lowest BCUT2D eigenvalue weighted by molar-refractivity contribution is -0.141. The van der Waals surface area contributed by atoms with Crippen molar-refractivity contribution in [3.05, 3.63) is 29.8 Å². The number of carbonyl (C=O) groups is 1. The van der Waals surface area contributed by atoms with E-state index in [0.717, 1.165) is 30.8 Å². The number of fused-ring (bicyclic) bond motifs is 2. The number of aliphatic carboxylic acids is 1. The Bertz CT molecular complexity index is 475. The van der Waals surface area contributed by atoms with Gasteiger partial charge in [-0.2, -0.15) is 0 Å². The van der Waals surface area contributed by atoms with Crippen LogP contribution in [0.1, 0.15) is 17.9 Å². The van der Waals surface area contributed by atoms with E-state index >= 15 is 0 Å². The van der Waals surface area contributed by atoms with Crippen molar-refractivity contribution >= 4 is 11.7 Å². The number of benzene rings is 1. The first-order valence-corrected chi connectivity index (χ1v) is 6.43. The van der Waals surface area contributed by atoms with Gasteiger partial charge in [0.25, 0.3) is 0 Å². The molecule has 0 radical (unpaired) electrons. The lowest BCUT2D eigenvalue weighted by Crippen LogP contribution is -2.51. The van der Waals surface area contributed by atoms with Crippen LogP contribution < -0.4 is 5.32 Å². The number of nitrogens with one attached hydrogen (secondary N) is 1. The highest BCUT2D eigenvalue weighted by Gasteiger charge is 2.42. The molecule has 96 valence electrons. The number of anilines is 1. The molecule has 0 aliphatic carbocycles. The topological polar surface area (TPSA) is 52.6 Å². The van der Waals surface area contributed by atoms with Gasteiger partial charge < -0.3 is 15.3 Å². The van der Waals surface area contributed by atoms with Crippen molar-refractivity contribution in [3.63, 3.8) is 0 Å².